The summed E-state index contributed by atoms with van der Waals surface area (Å²) in [6.45, 7) is 7.48. The van der Waals surface area contributed by atoms with Crippen molar-refractivity contribution in [2.75, 3.05) is 6.54 Å². The minimum Gasteiger partial charge on any atom is -0.310 e. The SMILES string of the molecule is CCNC(Cc1cccc(Cl)c1)c1cccc(C)c1C. The second kappa shape index (κ2) is 6.92. The van der Waals surface area contributed by atoms with E-state index >= 15 is 0 Å². The molecule has 0 aliphatic rings. The number of aryl methyl sites for hydroxylation is 1. The number of rotatable bonds is 5. The maximum atomic E-state index is 6.09. The van der Waals surface area contributed by atoms with E-state index in [2.05, 4.69) is 56.4 Å². The predicted molar refractivity (Wildman–Crippen MR) is 87.5 cm³/mol. The standard InChI is InChI=1S/C18H22ClN/c1-4-20-18(12-15-8-6-9-16(19)11-15)17-10-5-7-13(2)14(17)3/h5-11,18,20H,4,12H2,1-3H3. The maximum Gasteiger partial charge on any atom is 0.0408 e. The van der Waals surface area contributed by atoms with Crippen molar-refractivity contribution in [1.82, 2.24) is 5.32 Å². The molecule has 0 heterocycles. The number of hydrogen-bond donors (Lipinski definition) is 1. The molecule has 0 fully saturated rings. The number of nitrogens with one attached hydrogen (secondary N) is 1. The third-order valence-corrected chi connectivity index (χ3v) is 4.04. The first-order valence-electron chi connectivity index (χ1n) is 7.15. The molecule has 20 heavy (non-hydrogen) atoms. The number of hydrogen-bond acceptors (Lipinski definition) is 1. The Morgan fingerprint density at radius 3 is 2.55 bits per heavy atom. The molecule has 0 saturated carbocycles. The summed E-state index contributed by atoms with van der Waals surface area (Å²) in [4.78, 5) is 0. The average molecular weight is 288 g/mol. The Bertz CT molecular complexity index is 577. The van der Waals surface area contributed by atoms with E-state index in [0.29, 0.717) is 6.04 Å². The molecule has 0 spiro atoms. The van der Waals surface area contributed by atoms with Crippen molar-refractivity contribution in [1.29, 1.82) is 0 Å². The summed E-state index contributed by atoms with van der Waals surface area (Å²) in [5, 5.41) is 4.40. The highest BCUT2D eigenvalue weighted by Gasteiger charge is 2.14. The lowest BCUT2D eigenvalue weighted by atomic mass is 9.93. The lowest BCUT2D eigenvalue weighted by Gasteiger charge is -2.21. The van der Waals surface area contributed by atoms with Crippen LogP contribution in [0.1, 0.15) is 35.2 Å². The van der Waals surface area contributed by atoms with E-state index in [-0.39, 0.29) is 0 Å². The van der Waals surface area contributed by atoms with Crippen LogP contribution >= 0.6 is 11.6 Å². The monoisotopic (exact) mass is 287 g/mol. The second-order valence-electron chi connectivity index (χ2n) is 5.23. The lowest BCUT2D eigenvalue weighted by Crippen LogP contribution is -2.24. The van der Waals surface area contributed by atoms with Gasteiger partial charge in [-0.3, -0.25) is 0 Å². The first-order valence-corrected chi connectivity index (χ1v) is 7.53. The van der Waals surface area contributed by atoms with Crippen molar-refractivity contribution in [3.05, 3.63) is 69.7 Å². The molecule has 0 bridgehead atoms. The molecule has 2 rings (SSSR count). The highest BCUT2D eigenvalue weighted by Crippen LogP contribution is 2.24. The molecule has 0 aliphatic heterocycles. The Labute approximate surface area is 127 Å². The van der Waals surface area contributed by atoms with Crippen LogP contribution in [0.2, 0.25) is 5.02 Å². The molecule has 0 aromatic heterocycles. The van der Waals surface area contributed by atoms with Gasteiger partial charge < -0.3 is 5.32 Å². The Morgan fingerprint density at radius 2 is 1.85 bits per heavy atom. The smallest absolute Gasteiger partial charge is 0.0408 e. The summed E-state index contributed by atoms with van der Waals surface area (Å²) < 4.78 is 0. The van der Waals surface area contributed by atoms with Crippen molar-refractivity contribution in [3.63, 3.8) is 0 Å². The van der Waals surface area contributed by atoms with Crippen molar-refractivity contribution < 1.29 is 0 Å². The summed E-state index contributed by atoms with van der Waals surface area (Å²) >= 11 is 6.09. The van der Waals surface area contributed by atoms with Crippen LogP contribution in [0.3, 0.4) is 0 Å². The normalized spacial score (nSPS) is 12.4. The molecular formula is C18H22ClN. The van der Waals surface area contributed by atoms with Gasteiger partial charge in [-0.25, -0.2) is 0 Å². The van der Waals surface area contributed by atoms with Gasteiger partial charge in [0.15, 0.2) is 0 Å². The van der Waals surface area contributed by atoms with Gasteiger partial charge in [-0.2, -0.15) is 0 Å². The van der Waals surface area contributed by atoms with E-state index in [1.165, 1.54) is 22.3 Å². The van der Waals surface area contributed by atoms with Crippen molar-refractivity contribution in [2.45, 2.75) is 33.2 Å². The van der Waals surface area contributed by atoms with E-state index in [0.717, 1.165) is 18.0 Å². The quantitative estimate of drug-likeness (QED) is 0.829. The summed E-state index contributed by atoms with van der Waals surface area (Å²) in [5.74, 6) is 0. The van der Waals surface area contributed by atoms with Crippen LogP contribution in [0.25, 0.3) is 0 Å². The highest BCUT2D eigenvalue weighted by molar-refractivity contribution is 6.30. The molecule has 0 radical (unpaired) electrons. The van der Waals surface area contributed by atoms with E-state index in [1.54, 1.807) is 0 Å². The molecule has 0 saturated heterocycles. The Kier molecular flexibility index (Phi) is 5.22. The van der Waals surface area contributed by atoms with Gasteiger partial charge in [0.05, 0.1) is 0 Å². The van der Waals surface area contributed by atoms with Crippen molar-refractivity contribution in [2.24, 2.45) is 0 Å². The summed E-state index contributed by atoms with van der Waals surface area (Å²) in [5.41, 5.74) is 5.37. The topological polar surface area (TPSA) is 12.0 Å². The van der Waals surface area contributed by atoms with Crippen molar-refractivity contribution >= 4 is 11.6 Å². The van der Waals surface area contributed by atoms with Gasteiger partial charge in [-0.05, 0) is 61.2 Å². The first kappa shape index (κ1) is 15.1. The molecule has 2 aromatic carbocycles. The van der Waals surface area contributed by atoms with Crippen LogP contribution in [0, 0.1) is 13.8 Å². The second-order valence-corrected chi connectivity index (χ2v) is 5.67. The first-order chi connectivity index (χ1) is 9.61. The summed E-state index contributed by atoms with van der Waals surface area (Å²) in [6.07, 6.45) is 0.957. The Hall–Kier alpha value is -1.31. The number of likely N-dealkylation sites (N-methyl/N-ethyl adjacent to an activating group) is 1. The van der Waals surface area contributed by atoms with Gasteiger partial charge in [0.25, 0.3) is 0 Å². The Balaban J connectivity index is 2.29. The van der Waals surface area contributed by atoms with Crippen molar-refractivity contribution in [3.8, 4) is 0 Å². The fraction of sp³-hybridized carbons (Fsp3) is 0.333. The van der Waals surface area contributed by atoms with E-state index in [1.807, 2.05) is 12.1 Å². The molecule has 0 aliphatic carbocycles. The summed E-state index contributed by atoms with van der Waals surface area (Å²) in [7, 11) is 0. The molecule has 1 unspecified atom stereocenters. The minimum atomic E-state index is 0.332. The molecule has 1 N–H and O–H groups in total. The highest BCUT2D eigenvalue weighted by atomic mass is 35.5. The van der Waals surface area contributed by atoms with Crippen LogP contribution in [0.4, 0.5) is 0 Å². The van der Waals surface area contributed by atoms with Crippen LogP contribution in [0.15, 0.2) is 42.5 Å². The average Bonchev–Trinajstić information content (AvgIpc) is 2.42. The van der Waals surface area contributed by atoms with Gasteiger partial charge in [0.1, 0.15) is 0 Å². The number of halogens is 1. The minimum absolute atomic E-state index is 0.332. The molecular weight excluding hydrogens is 266 g/mol. The zero-order chi connectivity index (χ0) is 14.5. The molecule has 1 nitrogen and oxygen atoms in total. The molecule has 106 valence electrons. The maximum absolute atomic E-state index is 6.09. The van der Waals surface area contributed by atoms with Gasteiger partial charge in [-0.15, -0.1) is 0 Å². The fourth-order valence-electron chi connectivity index (χ4n) is 2.59. The summed E-state index contributed by atoms with van der Waals surface area (Å²) in [6, 6.07) is 15.0. The molecule has 0 amide bonds. The lowest BCUT2D eigenvalue weighted by molar-refractivity contribution is 0.547. The largest absolute Gasteiger partial charge is 0.310 e. The Morgan fingerprint density at radius 1 is 1.10 bits per heavy atom. The van der Waals surface area contributed by atoms with Crippen LogP contribution < -0.4 is 5.32 Å². The zero-order valence-electron chi connectivity index (χ0n) is 12.4. The van der Waals surface area contributed by atoms with Gasteiger partial charge in [0, 0.05) is 11.1 Å². The molecule has 1 atom stereocenters. The van der Waals surface area contributed by atoms with Crippen LogP contribution in [-0.4, -0.2) is 6.54 Å². The molecule has 2 heteroatoms. The third-order valence-electron chi connectivity index (χ3n) is 3.80. The predicted octanol–water partition coefficient (Wildman–Crippen LogP) is 4.85. The number of benzene rings is 2. The zero-order valence-corrected chi connectivity index (χ0v) is 13.2. The van der Waals surface area contributed by atoms with Crippen LogP contribution in [0.5, 0.6) is 0 Å². The van der Waals surface area contributed by atoms with Gasteiger partial charge in [-0.1, -0.05) is 48.9 Å². The van der Waals surface area contributed by atoms with Crippen LogP contribution in [-0.2, 0) is 6.42 Å². The van der Waals surface area contributed by atoms with Gasteiger partial charge in [0.2, 0.25) is 0 Å². The molecule has 2 aromatic rings. The third kappa shape index (κ3) is 3.62. The fourth-order valence-corrected chi connectivity index (χ4v) is 2.80. The van der Waals surface area contributed by atoms with E-state index in [4.69, 9.17) is 11.6 Å². The van der Waals surface area contributed by atoms with E-state index in [9.17, 15) is 0 Å². The van der Waals surface area contributed by atoms with Gasteiger partial charge >= 0.3 is 0 Å². The van der Waals surface area contributed by atoms with E-state index < -0.39 is 0 Å².